The summed E-state index contributed by atoms with van der Waals surface area (Å²) in [5.74, 6) is 0.743. The van der Waals surface area contributed by atoms with E-state index in [4.69, 9.17) is 0 Å². The smallest absolute Gasteiger partial charge is 0.357 e. The maximum Gasteiger partial charge on any atom is 0.401 e. The van der Waals surface area contributed by atoms with Crippen LogP contribution in [-0.2, 0) is 0 Å². The normalized spacial score (nSPS) is 12.2. The van der Waals surface area contributed by atoms with Crippen molar-refractivity contribution in [2.24, 2.45) is 4.99 Å². The van der Waals surface area contributed by atoms with E-state index in [2.05, 4.69) is 22.5 Å². The van der Waals surface area contributed by atoms with Gasteiger partial charge in [0.1, 0.15) is 0 Å². The number of nitrogens with one attached hydrogen (secondary N) is 2. The van der Waals surface area contributed by atoms with E-state index in [1.807, 2.05) is 6.92 Å². The lowest BCUT2D eigenvalue weighted by molar-refractivity contribution is -0.143. The number of guanidine groups is 1. The van der Waals surface area contributed by atoms with Crippen LogP contribution in [0.25, 0.3) is 0 Å². The van der Waals surface area contributed by atoms with Gasteiger partial charge in [0.05, 0.1) is 6.54 Å². The lowest BCUT2D eigenvalue weighted by atomic mass is 10.2. The van der Waals surface area contributed by atoms with Crippen LogP contribution in [0.5, 0.6) is 0 Å². The summed E-state index contributed by atoms with van der Waals surface area (Å²) in [5, 5.41) is 6.36. The summed E-state index contributed by atoms with van der Waals surface area (Å²) < 4.78 is 36.5. The fourth-order valence-corrected chi connectivity index (χ4v) is 1.84. The van der Waals surface area contributed by atoms with Crippen molar-refractivity contribution in [1.29, 1.82) is 0 Å². The monoisotopic (exact) mass is 438 g/mol. The lowest BCUT2D eigenvalue weighted by Crippen LogP contribution is -2.38. The summed E-state index contributed by atoms with van der Waals surface area (Å²) in [6.45, 7) is 5.81. The molecule has 134 valence electrons. The van der Waals surface area contributed by atoms with Gasteiger partial charge in [-0.2, -0.15) is 13.2 Å². The fraction of sp³-hybridized carbons (Fsp3) is 0.929. The first-order valence-electron chi connectivity index (χ1n) is 7.66. The molecule has 0 unspecified atom stereocenters. The third-order valence-electron chi connectivity index (χ3n) is 2.83. The molecule has 0 spiro atoms. The van der Waals surface area contributed by atoms with Crippen LogP contribution in [0.2, 0.25) is 0 Å². The molecule has 0 bridgehead atoms. The van der Waals surface area contributed by atoms with Gasteiger partial charge in [-0.05, 0) is 33.4 Å². The molecule has 0 fully saturated rings. The second-order valence-corrected chi connectivity index (χ2v) is 5.10. The van der Waals surface area contributed by atoms with Gasteiger partial charge in [-0.25, -0.2) is 0 Å². The van der Waals surface area contributed by atoms with Gasteiger partial charge in [-0.3, -0.25) is 9.89 Å². The maximum absolute atomic E-state index is 12.2. The number of hydrogen-bond donors (Lipinski definition) is 2. The molecular weight excluding hydrogens is 408 g/mol. The van der Waals surface area contributed by atoms with E-state index in [-0.39, 0.29) is 24.0 Å². The zero-order chi connectivity index (χ0) is 16.1. The van der Waals surface area contributed by atoms with Gasteiger partial charge in [0.2, 0.25) is 0 Å². The Hall–Kier alpha value is -0.250. The molecule has 0 aliphatic rings. The van der Waals surface area contributed by atoms with Gasteiger partial charge in [0.15, 0.2) is 5.96 Å². The number of alkyl halides is 3. The van der Waals surface area contributed by atoms with E-state index in [0.717, 1.165) is 25.5 Å². The zero-order valence-corrected chi connectivity index (χ0v) is 16.1. The molecule has 0 radical (unpaired) electrons. The molecule has 4 nitrogen and oxygen atoms in total. The highest BCUT2D eigenvalue weighted by Crippen LogP contribution is 2.15. The summed E-state index contributed by atoms with van der Waals surface area (Å²) in [4.78, 5) is 5.64. The van der Waals surface area contributed by atoms with Crippen LogP contribution in [0.15, 0.2) is 4.99 Å². The lowest BCUT2D eigenvalue weighted by Gasteiger charge is -2.18. The van der Waals surface area contributed by atoms with Crippen LogP contribution >= 0.6 is 24.0 Å². The van der Waals surface area contributed by atoms with Crippen molar-refractivity contribution in [3.8, 4) is 0 Å². The van der Waals surface area contributed by atoms with Crippen molar-refractivity contribution in [1.82, 2.24) is 15.5 Å². The minimum Gasteiger partial charge on any atom is -0.357 e. The predicted molar refractivity (Wildman–Crippen MR) is 97.1 cm³/mol. The Morgan fingerprint density at radius 1 is 1.09 bits per heavy atom. The number of unbranched alkanes of at least 4 members (excludes halogenated alkanes) is 2. The van der Waals surface area contributed by atoms with E-state index in [9.17, 15) is 13.2 Å². The Labute approximate surface area is 149 Å². The average Bonchev–Trinajstić information content (AvgIpc) is 2.37. The molecule has 2 N–H and O–H groups in total. The van der Waals surface area contributed by atoms with Gasteiger partial charge in [-0.15, -0.1) is 24.0 Å². The van der Waals surface area contributed by atoms with Crippen LogP contribution in [0.1, 0.15) is 39.5 Å². The summed E-state index contributed by atoms with van der Waals surface area (Å²) in [6, 6.07) is 0. The molecule has 0 aromatic rings. The van der Waals surface area contributed by atoms with Crippen molar-refractivity contribution in [3.05, 3.63) is 0 Å². The first-order valence-corrected chi connectivity index (χ1v) is 7.66. The molecule has 0 saturated carbocycles. The topological polar surface area (TPSA) is 39.7 Å². The van der Waals surface area contributed by atoms with E-state index in [1.54, 1.807) is 0 Å². The molecule has 22 heavy (non-hydrogen) atoms. The molecule has 0 aromatic heterocycles. The first kappa shape index (κ1) is 24.0. The van der Waals surface area contributed by atoms with Crippen molar-refractivity contribution in [3.63, 3.8) is 0 Å². The largest absolute Gasteiger partial charge is 0.401 e. The molecule has 0 atom stereocenters. The van der Waals surface area contributed by atoms with E-state index in [1.165, 1.54) is 24.8 Å². The Balaban J connectivity index is 0. The predicted octanol–water partition coefficient (Wildman–Crippen LogP) is 3.23. The third-order valence-corrected chi connectivity index (χ3v) is 2.83. The SMILES string of the molecule is CCCCCNC(=NCCCN(C)CC(F)(F)F)NCC.I. The molecule has 0 aliphatic carbocycles. The van der Waals surface area contributed by atoms with Gasteiger partial charge in [0, 0.05) is 19.6 Å². The van der Waals surface area contributed by atoms with Crippen LogP contribution in [-0.4, -0.2) is 56.8 Å². The highest BCUT2D eigenvalue weighted by Gasteiger charge is 2.28. The van der Waals surface area contributed by atoms with Gasteiger partial charge in [0.25, 0.3) is 0 Å². The van der Waals surface area contributed by atoms with E-state index >= 15 is 0 Å². The van der Waals surface area contributed by atoms with Crippen LogP contribution in [0, 0.1) is 0 Å². The molecule has 0 aromatic carbocycles. The Morgan fingerprint density at radius 2 is 1.77 bits per heavy atom. The van der Waals surface area contributed by atoms with Gasteiger partial charge >= 0.3 is 6.18 Å². The van der Waals surface area contributed by atoms with Gasteiger partial charge < -0.3 is 10.6 Å². The summed E-state index contributed by atoms with van der Waals surface area (Å²) in [6.07, 6.45) is -0.0866. The quantitative estimate of drug-likeness (QED) is 0.238. The average molecular weight is 438 g/mol. The maximum atomic E-state index is 12.2. The summed E-state index contributed by atoms with van der Waals surface area (Å²) >= 11 is 0. The van der Waals surface area contributed by atoms with Crippen molar-refractivity contribution < 1.29 is 13.2 Å². The highest BCUT2D eigenvalue weighted by atomic mass is 127. The third kappa shape index (κ3) is 16.1. The van der Waals surface area contributed by atoms with Crippen molar-refractivity contribution in [2.75, 3.05) is 39.8 Å². The molecule has 0 aliphatic heterocycles. The second kappa shape index (κ2) is 14.3. The van der Waals surface area contributed by atoms with E-state index in [0.29, 0.717) is 19.5 Å². The standard InChI is InChI=1S/C14H29F3N4.HI/c1-4-6-7-9-19-13(18-5-2)20-10-8-11-21(3)12-14(15,16)17;/h4-12H2,1-3H3,(H2,18,19,20);1H. The first-order chi connectivity index (χ1) is 9.89. The second-order valence-electron chi connectivity index (χ2n) is 5.10. The summed E-state index contributed by atoms with van der Waals surface area (Å²) in [5.41, 5.74) is 0. The van der Waals surface area contributed by atoms with Gasteiger partial charge in [-0.1, -0.05) is 19.8 Å². The highest BCUT2D eigenvalue weighted by molar-refractivity contribution is 14.0. The Morgan fingerprint density at radius 3 is 2.32 bits per heavy atom. The Kier molecular flexibility index (Phi) is 15.7. The molecule has 0 amide bonds. The number of halogens is 4. The molecule has 8 heteroatoms. The van der Waals surface area contributed by atoms with Crippen LogP contribution in [0.3, 0.4) is 0 Å². The minimum atomic E-state index is -4.13. The number of nitrogens with zero attached hydrogens (tertiary/aromatic N) is 2. The molecule has 0 saturated heterocycles. The molecular formula is C14H30F3IN4. The van der Waals surface area contributed by atoms with Crippen LogP contribution in [0.4, 0.5) is 13.2 Å². The minimum absolute atomic E-state index is 0. The van der Waals surface area contributed by atoms with Crippen LogP contribution < -0.4 is 10.6 Å². The summed E-state index contributed by atoms with van der Waals surface area (Å²) in [7, 11) is 1.48. The fourth-order valence-electron chi connectivity index (χ4n) is 1.84. The molecule has 0 heterocycles. The number of aliphatic imine (C=N–C) groups is 1. The molecule has 0 rings (SSSR count). The van der Waals surface area contributed by atoms with Crippen molar-refractivity contribution in [2.45, 2.75) is 45.7 Å². The number of hydrogen-bond acceptors (Lipinski definition) is 2. The zero-order valence-electron chi connectivity index (χ0n) is 13.8. The van der Waals surface area contributed by atoms with Crippen molar-refractivity contribution >= 4 is 29.9 Å². The Bertz CT molecular complexity index is 286. The van der Waals surface area contributed by atoms with E-state index < -0.39 is 12.7 Å². The number of rotatable bonds is 10.